The van der Waals surface area contributed by atoms with Crippen LogP contribution in [0.1, 0.15) is 31.7 Å². The Morgan fingerprint density at radius 3 is 2.60 bits per heavy atom. The third-order valence-corrected chi connectivity index (χ3v) is 4.17. The van der Waals surface area contributed by atoms with Gasteiger partial charge in [0.05, 0.1) is 11.1 Å². The summed E-state index contributed by atoms with van der Waals surface area (Å²) >= 11 is 1.23. The molecule has 0 aliphatic carbocycles. The highest BCUT2D eigenvalue weighted by Crippen LogP contribution is 2.43. The first-order chi connectivity index (χ1) is 9.66. The third kappa shape index (κ3) is 2.16. The zero-order valence-corrected chi connectivity index (χ0v) is 11.1. The second-order valence-electron chi connectivity index (χ2n) is 4.24. The number of carbonyl (C=O) groups is 2. The van der Waals surface area contributed by atoms with Gasteiger partial charge in [0.1, 0.15) is 0 Å². The number of carboxylic acid groups (broad SMARTS) is 1. The van der Waals surface area contributed by atoms with Crippen molar-refractivity contribution in [1.29, 1.82) is 0 Å². The third-order valence-electron chi connectivity index (χ3n) is 3.00. The lowest BCUT2D eigenvalue weighted by molar-refractivity contribution is 0.0522. The monoisotopic (exact) mass is 286 g/mol. The van der Waals surface area contributed by atoms with Crippen LogP contribution in [0.15, 0.2) is 53.4 Å². The summed E-state index contributed by atoms with van der Waals surface area (Å²) in [6, 6.07) is 13.8. The molecule has 1 N–H and O–H groups in total. The quantitative estimate of drug-likeness (QED) is 0.877. The minimum atomic E-state index is -0.995. The molecule has 0 saturated heterocycles. The number of aromatic carboxylic acids is 1. The first-order valence-corrected chi connectivity index (χ1v) is 6.83. The lowest BCUT2D eigenvalue weighted by Gasteiger charge is -2.11. The van der Waals surface area contributed by atoms with Gasteiger partial charge in [-0.2, -0.15) is 0 Å². The molecular weight excluding hydrogens is 276 g/mol. The zero-order valence-electron chi connectivity index (χ0n) is 10.3. The topological polar surface area (TPSA) is 63.6 Å². The maximum absolute atomic E-state index is 11.7. The van der Waals surface area contributed by atoms with Crippen molar-refractivity contribution in [2.24, 2.45) is 0 Å². The van der Waals surface area contributed by atoms with Crippen LogP contribution in [0.3, 0.4) is 0 Å². The van der Waals surface area contributed by atoms with Crippen LogP contribution in [0.25, 0.3) is 0 Å². The summed E-state index contributed by atoms with van der Waals surface area (Å²) in [6.07, 6.45) is 0. The minimum Gasteiger partial charge on any atom is -0.478 e. The first kappa shape index (κ1) is 12.7. The molecule has 1 aliphatic heterocycles. The first-order valence-electron chi connectivity index (χ1n) is 5.95. The van der Waals surface area contributed by atoms with Gasteiger partial charge in [0.15, 0.2) is 5.44 Å². The van der Waals surface area contributed by atoms with E-state index < -0.39 is 11.4 Å². The molecule has 2 aromatic carbocycles. The highest BCUT2D eigenvalue weighted by Gasteiger charge is 2.32. The summed E-state index contributed by atoms with van der Waals surface area (Å²) in [7, 11) is 0. The maximum Gasteiger partial charge on any atom is 0.340 e. The number of ether oxygens (including phenoxy) is 1. The average molecular weight is 286 g/mol. The number of hydrogen-bond donors (Lipinski definition) is 1. The fourth-order valence-electron chi connectivity index (χ4n) is 2.06. The second kappa shape index (κ2) is 5.02. The van der Waals surface area contributed by atoms with Gasteiger partial charge in [0.25, 0.3) is 0 Å². The summed E-state index contributed by atoms with van der Waals surface area (Å²) in [6.45, 7) is 0. The molecule has 0 saturated carbocycles. The number of thioether (sulfide) groups is 1. The standard InChI is InChI=1S/C15H10O4S/c16-13(17)11-7-3-4-8-12(11)20-15-10-6-2-1-5-9(10)14(18)19-15/h1-8,15H,(H,16,17)/t15-/m1/s1. The molecule has 0 bridgehead atoms. The van der Waals surface area contributed by atoms with E-state index in [0.29, 0.717) is 10.5 Å². The number of rotatable bonds is 3. The predicted molar refractivity (Wildman–Crippen MR) is 73.9 cm³/mol. The Morgan fingerprint density at radius 1 is 1.10 bits per heavy atom. The van der Waals surface area contributed by atoms with Crippen molar-refractivity contribution in [2.45, 2.75) is 10.3 Å². The van der Waals surface area contributed by atoms with E-state index in [1.807, 2.05) is 12.1 Å². The Balaban J connectivity index is 1.94. The van der Waals surface area contributed by atoms with Crippen LogP contribution in [0.4, 0.5) is 0 Å². The van der Waals surface area contributed by atoms with Gasteiger partial charge >= 0.3 is 11.9 Å². The SMILES string of the molecule is O=C(O)c1ccccc1S[C@H]1OC(=O)c2ccccc21. The van der Waals surface area contributed by atoms with Gasteiger partial charge in [0.2, 0.25) is 0 Å². The molecule has 4 nitrogen and oxygen atoms in total. The van der Waals surface area contributed by atoms with E-state index in [1.165, 1.54) is 17.8 Å². The molecule has 1 atom stereocenters. The Labute approximate surface area is 119 Å². The Bertz CT molecular complexity index is 696. The smallest absolute Gasteiger partial charge is 0.340 e. The minimum absolute atomic E-state index is 0.206. The van der Waals surface area contributed by atoms with Crippen LogP contribution < -0.4 is 0 Å². The highest BCUT2D eigenvalue weighted by atomic mass is 32.2. The number of fused-ring (bicyclic) bond motifs is 1. The molecule has 100 valence electrons. The molecule has 1 heterocycles. The lowest BCUT2D eigenvalue weighted by atomic mass is 10.1. The van der Waals surface area contributed by atoms with E-state index in [1.54, 1.807) is 30.3 Å². The summed E-state index contributed by atoms with van der Waals surface area (Å²) < 4.78 is 5.30. The van der Waals surface area contributed by atoms with Crippen molar-refractivity contribution in [3.63, 3.8) is 0 Å². The van der Waals surface area contributed by atoms with Gasteiger partial charge in [-0.15, -0.1) is 0 Å². The molecule has 2 aromatic rings. The van der Waals surface area contributed by atoms with Crippen LogP contribution in [0.5, 0.6) is 0 Å². The van der Waals surface area contributed by atoms with E-state index in [9.17, 15) is 9.59 Å². The molecule has 1 aliphatic rings. The Kier molecular flexibility index (Phi) is 3.20. The molecule has 5 heteroatoms. The normalized spacial score (nSPS) is 16.6. The fourth-order valence-corrected chi connectivity index (χ4v) is 3.20. The molecule has 20 heavy (non-hydrogen) atoms. The number of carbonyl (C=O) groups excluding carboxylic acids is 1. The van der Waals surface area contributed by atoms with Gasteiger partial charge in [-0.3, -0.25) is 0 Å². The van der Waals surface area contributed by atoms with Crippen LogP contribution in [-0.4, -0.2) is 17.0 Å². The van der Waals surface area contributed by atoms with Crippen LogP contribution in [-0.2, 0) is 4.74 Å². The molecular formula is C15H10O4S. The highest BCUT2D eigenvalue weighted by molar-refractivity contribution is 7.99. The Hall–Kier alpha value is -2.27. The van der Waals surface area contributed by atoms with E-state index in [-0.39, 0.29) is 11.5 Å². The van der Waals surface area contributed by atoms with Gasteiger partial charge in [-0.05, 0) is 18.2 Å². The maximum atomic E-state index is 11.7. The molecule has 0 aromatic heterocycles. The molecule has 0 radical (unpaired) electrons. The average Bonchev–Trinajstić information content (AvgIpc) is 2.76. The van der Waals surface area contributed by atoms with Crippen molar-refractivity contribution < 1.29 is 19.4 Å². The van der Waals surface area contributed by atoms with Crippen LogP contribution >= 0.6 is 11.8 Å². The van der Waals surface area contributed by atoms with Crippen LogP contribution in [0.2, 0.25) is 0 Å². The number of cyclic esters (lactones) is 1. The molecule has 0 unspecified atom stereocenters. The summed E-state index contributed by atoms with van der Waals surface area (Å²) in [4.78, 5) is 23.5. The Morgan fingerprint density at radius 2 is 1.80 bits per heavy atom. The largest absolute Gasteiger partial charge is 0.478 e. The molecule has 0 fully saturated rings. The van der Waals surface area contributed by atoms with Crippen LogP contribution in [0, 0.1) is 0 Å². The number of benzene rings is 2. The van der Waals surface area contributed by atoms with Crippen molar-refractivity contribution in [2.75, 3.05) is 0 Å². The second-order valence-corrected chi connectivity index (χ2v) is 5.35. The van der Waals surface area contributed by atoms with E-state index in [4.69, 9.17) is 9.84 Å². The number of esters is 1. The van der Waals surface area contributed by atoms with E-state index in [2.05, 4.69) is 0 Å². The molecule has 0 spiro atoms. The van der Waals surface area contributed by atoms with Crippen molar-refractivity contribution in [1.82, 2.24) is 0 Å². The van der Waals surface area contributed by atoms with E-state index >= 15 is 0 Å². The number of carboxylic acids is 1. The number of hydrogen-bond acceptors (Lipinski definition) is 4. The predicted octanol–water partition coefficient (Wildman–Crippen LogP) is 3.35. The van der Waals surface area contributed by atoms with E-state index in [0.717, 1.165) is 5.56 Å². The van der Waals surface area contributed by atoms with Crippen molar-refractivity contribution >= 4 is 23.7 Å². The van der Waals surface area contributed by atoms with Gasteiger partial charge in [0, 0.05) is 10.5 Å². The molecule has 0 amide bonds. The van der Waals surface area contributed by atoms with Gasteiger partial charge in [-0.1, -0.05) is 42.1 Å². The summed E-state index contributed by atoms with van der Waals surface area (Å²) in [5.74, 6) is -1.36. The van der Waals surface area contributed by atoms with Gasteiger partial charge in [-0.25, -0.2) is 9.59 Å². The van der Waals surface area contributed by atoms with Crippen molar-refractivity contribution in [3.8, 4) is 0 Å². The zero-order chi connectivity index (χ0) is 14.1. The fraction of sp³-hybridized carbons (Fsp3) is 0.0667. The van der Waals surface area contributed by atoms with Crippen molar-refractivity contribution in [3.05, 3.63) is 65.2 Å². The summed E-state index contributed by atoms with van der Waals surface area (Å²) in [5.41, 5.74) is 1.03. The summed E-state index contributed by atoms with van der Waals surface area (Å²) in [5, 5.41) is 9.17. The lowest BCUT2D eigenvalue weighted by Crippen LogP contribution is -2.00. The molecule has 3 rings (SSSR count). The van der Waals surface area contributed by atoms with Gasteiger partial charge < -0.3 is 9.84 Å².